The Kier molecular flexibility index (Phi) is 2.11. The smallest absolute Gasteiger partial charge is 0.306 e. The number of nitrogens with two attached hydrogens (primary N) is 1. The molecule has 0 radical (unpaired) electrons. The van der Waals surface area contributed by atoms with Gasteiger partial charge < -0.3 is 10.8 Å². The fraction of sp³-hybridized carbons (Fsp3) is 0.400. The SMILES string of the molecule is Nc1nccc2c1CC[C@@H](C(=O)O)C2. The molecule has 0 saturated heterocycles. The Labute approximate surface area is 81.8 Å². The molecule has 1 aromatic heterocycles. The minimum Gasteiger partial charge on any atom is -0.481 e. The average Bonchev–Trinajstić information content (AvgIpc) is 2.17. The Morgan fingerprint density at radius 2 is 2.43 bits per heavy atom. The fourth-order valence-electron chi connectivity index (χ4n) is 1.93. The van der Waals surface area contributed by atoms with E-state index in [2.05, 4.69) is 4.98 Å². The van der Waals surface area contributed by atoms with Gasteiger partial charge in [0.1, 0.15) is 5.82 Å². The number of pyridine rings is 1. The number of anilines is 1. The second-order valence-electron chi connectivity index (χ2n) is 3.61. The molecule has 0 fully saturated rings. The number of nitrogen functional groups attached to an aromatic ring is 1. The van der Waals surface area contributed by atoms with Gasteiger partial charge in [-0.05, 0) is 36.5 Å². The predicted octanol–water partition coefficient (Wildman–Crippen LogP) is 0.853. The second kappa shape index (κ2) is 3.29. The molecule has 74 valence electrons. The summed E-state index contributed by atoms with van der Waals surface area (Å²) in [6.07, 6.45) is 3.61. The summed E-state index contributed by atoms with van der Waals surface area (Å²) >= 11 is 0. The first kappa shape index (κ1) is 8.99. The van der Waals surface area contributed by atoms with Crippen molar-refractivity contribution in [2.45, 2.75) is 19.3 Å². The number of aromatic nitrogens is 1. The maximum absolute atomic E-state index is 10.8. The number of hydrogen-bond acceptors (Lipinski definition) is 3. The fourth-order valence-corrected chi connectivity index (χ4v) is 1.93. The number of nitrogens with zero attached hydrogens (tertiary/aromatic N) is 1. The summed E-state index contributed by atoms with van der Waals surface area (Å²) in [6.45, 7) is 0. The van der Waals surface area contributed by atoms with E-state index in [1.165, 1.54) is 0 Å². The highest BCUT2D eigenvalue weighted by Crippen LogP contribution is 2.28. The largest absolute Gasteiger partial charge is 0.481 e. The third kappa shape index (κ3) is 1.43. The van der Waals surface area contributed by atoms with E-state index >= 15 is 0 Å². The Morgan fingerprint density at radius 3 is 3.14 bits per heavy atom. The molecule has 0 bridgehead atoms. The van der Waals surface area contributed by atoms with E-state index in [0.29, 0.717) is 18.7 Å². The minimum absolute atomic E-state index is 0.260. The number of rotatable bonds is 1. The van der Waals surface area contributed by atoms with Crippen LogP contribution in [-0.4, -0.2) is 16.1 Å². The number of aliphatic carboxylic acids is 1. The molecular weight excluding hydrogens is 180 g/mol. The summed E-state index contributed by atoms with van der Waals surface area (Å²) in [5, 5.41) is 8.89. The van der Waals surface area contributed by atoms with Crippen LogP contribution in [0.1, 0.15) is 17.5 Å². The van der Waals surface area contributed by atoms with Crippen LogP contribution in [0.25, 0.3) is 0 Å². The normalized spacial score (nSPS) is 20.1. The molecule has 0 saturated carbocycles. The summed E-state index contributed by atoms with van der Waals surface area (Å²) in [5.41, 5.74) is 7.77. The van der Waals surface area contributed by atoms with Crippen LogP contribution in [0.15, 0.2) is 12.3 Å². The van der Waals surface area contributed by atoms with Crippen LogP contribution in [0.4, 0.5) is 5.82 Å². The summed E-state index contributed by atoms with van der Waals surface area (Å²) in [7, 11) is 0. The van der Waals surface area contributed by atoms with Gasteiger partial charge in [0.2, 0.25) is 0 Å². The average molecular weight is 192 g/mol. The zero-order chi connectivity index (χ0) is 10.1. The lowest BCUT2D eigenvalue weighted by Crippen LogP contribution is -2.23. The highest BCUT2D eigenvalue weighted by molar-refractivity contribution is 5.71. The molecule has 1 aliphatic rings. The van der Waals surface area contributed by atoms with Crippen molar-refractivity contribution in [1.29, 1.82) is 0 Å². The van der Waals surface area contributed by atoms with Crippen molar-refractivity contribution < 1.29 is 9.90 Å². The van der Waals surface area contributed by atoms with Crippen molar-refractivity contribution in [1.82, 2.24) is 4.98 Å². The standard InChI is InChI=1S/C10H12N2O2/c11-9-8-2-1-7(10(13)14)5-6(8)3-4-12-9/h3-4,7H,1-2,5H2,(H2,11,12)(H,13,14)/t7-/m1/s1. The van der Waals surface area contributed by atoms with Gasteiger partial charge in [0.15, 0.2) is 0 Å². The van der Waals surface area contributed by atoms with E-state index in [-0.39, 0.29) is 5.92 Å². The Hall–Kier alpha value is -1.58. The van der Waals surface area contributed by atoms with Crippen LogP contribution in [0, 0.1) is 5.92 Å². The molecule has 0 spiro atoms. The molecule has 4 nitrogen and oxygen atoms in total. The van der Waals surface area contributed by atoms with E-state index in [4.69, 9.17) is 10.8 Å². The first-order valence-electron chi connectivity index (χ1n) is 4.63. The van der Waals surface area contributed by atoms with Crippen LogP contribution in [0.3, 0.4) is 0 Å². The van der Waals surface area contributed by atoms with Gasteiger partial charge in [0.05, 0.1) is 5.92 Å². The van der Waals surface area contributed by atoms with Gasteiger partial charge in [-0.1, -0.05) is 0 Å². The first-order valence-corrected chi connectivity index (χ1v) is 4.63. The highest BCUT2D eigenvalue weighted by Gasteiger charge is 2.25. The van der Waals surface area contributed by atoms with E-state index in [1.54, 1.807) is 6.20 Å². The molecule has 1 heterocycles. The molecule has 1 aromatic rings. The van der Waals surface area contributed by atoms with Gasteiger partial charge in [-0.2, -0.15) is 0 Å². The zero-order valence-corrected chi connectivity index (χ0v) is 7.73. The first-order chi connectivity index (χ1) is 6.68. The third-order valence-corrected chi connectivity index (χ3v) is 2.74. The van der Waals surface area contributed by atoms with Crippen molar-refractivity contribution in [3.8, 4) is 0 Å². The molecule has 1 atom stereocenters. The predicted molar refractivity (Wildman–Crippen MR) is 51.8 cm³/mol. The van der Waals surface area contributed by atoms with Crippen molar-refractivity contribution in [2.24, 2.45) is 5.92 Å². The molecule has 4 heteroatoms. The highest BCUT2D eigenvalue weighted by atomic mass is 16.4. The maximum Gasteiger partial charge on any atom is 0.306 e. The Balaban J connectivity index is 2.31. The van der Waals surface area contributed by atoms with Gasteiger partial charge in [0, 0.05) is 6.20 Å². The molecule has 2 rings (SSSR count). The van der Waals surface area contributed by atoms with Crippen molar-refractivity contribution in [3.05, 3.63) is 23.4 Å². The number of fused-ring (bicyclic) bond motifs is 1. The van der Waals surface area contributed by atoms with Crippen LogP contribution in [0.5, 0.6) is 0 Å². The lowest BCUT2D eigenvalue weighted by atomic mass is 9.84. The number of carboxylic acids is 1. The quantitative estimate of drug-likeness (QED) is 0.691. The van der Waals surface area contributed by atoms with E-state index in [9.17, 15) is 4.79 Å². The van der Waals surface area contributed by atoms with Crippen molar-refractivity contribution in [2.75, 3.05) is 5.73 Å². The molecule has 0 unspecified atom stereocenters. The number of hydrogen-bond donors (Lipinski definition) is 2. The number of carbonyl (C=O) groups is 1. The Bertz CT molecular complexity index is 376. The third-order valence-electron chi connectivity index (χ3n) is 2.74. The monoisotopic (exact) mass is 192 g/mol. The molecular formula is C10H12N2O2. The molecule has 0 amide bonds. The van der Waals surface area contributed by atoms with Crippen molar-refractivity contribution >= 4 is 11.8 Å². The van der Waals surface area contributed by atoms with E-state index in [1.807, 2.05) is 6.07 Å². The lowest BCUT2D eigenvalue weighted by molar-refractivity contribution is -0.142. The van der Waals surface area contributed by atoms with Gasteiger partial charge in [0.25, 0.3) is 0 Å². The molecule has 3 N–H and O–H groups in total. The summed E-state index contributed by atoms with van der Waals surface area (Å²) in [4.78, 5) is 14.8. The maximum atomic E-state index is 10.8. The molecule has 0 aromatic carbocycles. The van der Waals surface area contributed by atoms with Crippen LogP contribution in [-0.2, 0) is 17.6 Å². The topological polar surface area (TPSA) is 76.2 Å². The lowest BCUT2D eigenvalue weighted by Gasteiger charge is -2.21. The van der Waals surface area contributed by atoms with Crippen LogP contribution < -0.4 is 5.73 Å². The van der Waals surface area contributed by atoms with Crippen LogP contribution >= 0.6 is 0 Å². The van der Waals surface area contributed by atoms with Crippen molar-refractivity contribution in [3.63, 3.8) is 0 Å². The number of carboxylic acid groups (broad SMARTS) is 1. The van der Waals surface area contributed by atoms with E-state index < -0.39 is 5.97 Å². The summed E-state index contributed by atoms with van der Waals surface area (Å²) in [5.74, 6) is -0.429. The second-order valence-corrected chi connectivity index (χ2v) is 3.61. The minimum atomic E-state index is -0.717. The molecule has 0 aliphatic heterocycles. The van der Waals surface area contributed by atoms with Gasteiger partial charge in [-0.15, -0.1) is 0 Å². The van der Waals surface area contributed by atoms with E-state index in [0.717, 1.165) is 17.5 Å². The van der Waals surface area contributed by atoms with Gasteiger partial charge in [-0.3, -0.25) is 4.79 Å². The summed E-state index contributed by atoms with van der Waals surface area (Å²) < 4.78 is 0. The molecule has 1 aliphatic carbocycles. The Morgan fingerprint density at radius 1 is 1.64 bits per heavy atom. The molecule has 14 heavy (non-hydrogen) atoms. The summed E-state index contributed by atoms with van der Waals surface area (Å²) in [6, 6.07) is 1.86. The zero-order valence-electron chi connectivity index (χ0n) is 7.73. The van der Waals surface area contributed by atoms with Crippen LogP contribution in [0.2, 0.25) is 0 Å². The van der Waals surface area contributed by atoms with Gasteiger partial charge in [-0.25, -0.2) is 4.98 Å². The van der Waals surface area contributed by atoms with Gasteiger partial charge >= 0.3 is 5.97 Å².